The average molecular weight is 181 g/mol. The highest BCUT2D eigenvalue weighted by molar-refractivity contribution is 5.26. The maximum absolute atomic E-state index is 10.9. The number of hydrogen-bond acceptors (Lipinski definition) is 3. The second-order valence-electron chi connectivity index (χ2n) is 3.61. The smallest absolute Gasteiger partial charge is 0.272 e. The minimum absolute atomic E-state index is 0.0127. The molecular formula is C9H11NO3. The maximum Gasteiger partial charge on any atom is 0.272 e. The molecule has 2 atom stereocenters. The molecule has 0 aromatic heterocycles. The maximum atomic E-state index is 10.9. The van der Waals surface area contributed by atoms with Gasteiger partial charge in [-0.15, -0.1) is 0 Å². The van der Waals surface area contributed by atoms with E-state index in [4.69, 9.17) is 0 Å². The summed E-state index contributed by atoms with van der Waals surface area (Å²) < 4.78 is 0. The fourth-order valence-electron chi connectivity index (χ4n) is 1.87. The van der Waals surface area contributed by atoms with Crippen molar-refractivity contribution in [3.8, 4) is 0 Å². The SMILES string of the molecule is O=[N+]([O-])C1(C2CC2)C=CC=CC1O. The van der Waals surface area contributed by atoms with Gasteiger partial charge in [-0.1, -0.05) is 12.2 Å². The fraction of sp³-hybridized carbons (Fsp3) is 0.556. The number of aliphatic hydroxyl groups excluding tert-OH is 1. The standard InChI is InChI=1S/C9H11NO3/c11-8-3-1-2-6-9(8,10(12)13)7-4-5-7/h1-3,6-8,11H,4-5H2. The van der Waals surface area contributed by atoms with E-state index >= 15 is 0 Å². The molecular weight excluding hydrogens is 170 g/mol. The zero-order valence-corrected chi connectivity index (χ0v) is 7.09. The van der Waals surface area contributed by atoms with Crippen molar-refractivity contribution in [2.75, 3.05) is 0 Å². The van der Waals surface area contributed by atoms with E-state index in [0.717, 1.165) is 12.8 Å². The molecule has 70 valence electrons. The minimum Gasteiger partial charge on any atom is -0.381 e. The Morgan fingerprint density at radius 2 is 2.15 bits per heavy atom. The number of hydrogen-bond donors (Lipinski definition) is 1. The number of nitro groups is 1. The molecule has 1 N–H and O–H groups in total. The third-order valence-electron chi connectivity index (χ3n) is 2.79. The fourth-order valence-corrected chi connectivity index (χ4v) is 1.87. The third-order valence-corrected chi connectivity index (χ3v) is 2.79. The van der Waals surface area contributed by atoms with Crippen molar-refractivity contribution < 1.29 is 10.0 Å². The zero-order valence-electron chi connectivity index (χ0n) is 7.09. The van der Waals surface area contributed by atoms with Crippen LogP contribution in [-0.2, 0) is 0 Å². The first kappa shape index (κ1) is 8.44. The van der Waals surface area contributed by atoms with Gasteiger partial charge < -0.3 is 5.11 Å². The van der Waals surface area contributed by atoms with Gasteiger partial charge in [0.1, 0.15) is 6.10 Å². The monoisotopic (exact) mass is 181 g/mol. The molecule has 0 radical (unpaired) electrons. The van der Waals surface area contributed by atoms with Gasteiger partial charge in [0.2, 0.25) is 0 Å². The number of nitrogens with zero attached hydrogens (tertiary/aromatic N) is 1. The molecule has 1 saturated carbocycles. The predicted molar refractivity (Wildman–Crippen MR) is 46.7 cm³/mol. The van der Waals surface area contributed by atoms with Gasteiger partial charge >= 0.3 is 0 Å². The molecule has 0 saturated heterocycles. The van der Waals surface area contributed by atoms with Crippen LogP contribution in [-0.4, -0.2) is 21.7 Å². The van der Waals surface area contributed by atoms with Gasteiger partial charge in [0.15, 0.2) is 0 Å². The van der Waals surface area contributed by atoms with Gasteiger partial charge in [-0.05, 0) is 25.0 Å². The van der Waals surface area contributed by atoms with E-state index in [2.05, 4.69) is 0 Å². The van der Waals surface area contributed by atoms with Gasteiger partial charge in [-0.3, -0.25) is 10.1 Å². The quantitative estimate of drug-likeness (QED) is 0.508. The molecule has 2 aliphatic rings. The highest BCUT2D eigenvalue weighted by atomic mass is 16.6. The summed E-state index contributed by atoms with van der Waals surface area (Å²) in [6.07, 6.45) is 7.02. The van der Waals surface area contributed by atoms with Crippen LogP contribution >= 0.6 is 0 Å². The molecule has 2 unspecified atom stereocenters. The van der Waals surface area contributed by atoms with E-state index < -0.39 is 11.6 Å². The van der Waals surface area contributed by atoms with Crippen LogP contribution in [0.4, 0.5) is 0 Å². The van der Waals surface area contributed by atoms with Crippen molar-refractivity contribution in [3.05, 3.63) is 34.4 Å². The highest BCUT2D eigenvalue weighted by Crippen LogP contribution is 2.45. The summed E-state index contributed by atoms with van der Waals surface area (Å²) in [6, 6.07) is 0. The van der Waals surface area contributed by atoms with Gasteiger partial charge in [0.25, 0.3) is 5.54 Å². The van der Waals surface area contributed by atoms with Gasteiger partial charge in [-0.2, -0.15) is 0 Å². The molecule has 13 heavy (non-hydrogen) atoms. The summed E-state index contributed by atoms with van der Waals surface area (Å²) in [5.74, 6) is 0.0127. The van der Waals surface area contributed by atoms with Crippen molar-refractivity contribution in [1.82, 2.24) is 0 Å². The normalized spacial score (nSPS) is 37.8. The Labute approximate surface area is 75.7 Å². The lowest BCUT2D eigenvalue weighted by Crippen LogP contribution is -2.49. The van der Waals surface area contributed by atoms with E-state index in [1.165, 1.54) is 12.2 Å². The van der Waals surface area contributed by atoms with Crippen LogP contribution in [0.5, 0.6) is 0 Å². The van der Waals surface area contributed by atoms with Crippen molar-refractivity contribution in [2.45, 2.75) is 24.5 Å². The highest BCUT2D eigenvalue weighted by Gasteiger charge is 2.58. The predicted octanol–water partition coefficient (Wildman–Crippen LogP) is 0.899. The van der Waals surface area contributed by atoms with Crippen molar-refractivity contribution in [1.29, 1.82) is 0 Å². The lowest BCUT2D eigenvalue weighted by Gasteiger charge is -2.26. The molecule has 0 amide bonds. The Bertz CT molecular complexity index is 293. The van der Waals surface area contributed by atoms with Crippen LogP contribution in [0.3, 0.4) is 0 Å². The number of allylic oxidation sites excluding steroid dienone is 2. The largest absolute Gasteiger partial charge is 0.381 e. The van der Waals surface area contributed by atoms with Gasteiger partial charge in [0, 0.05) is 10.8 Å². The van der Waals surface area contributed by atoms with Crippen LogP contribution in [0, 0.1) is 16.0 Å². The molecule has 0 spiro atoms. The molecule has 0 aromatic rings. The molecule has 2 rings (SSSR count). The summed E-state index contributed by atoms with van der Waals surface area (Å²) in [6.45, 7) is 0. The Hall–Kier alpha value is -1.16. The van der Waals surface area contributed by atoms with Crippen LogP contribution in [0.2, 0.25) is 0 Å². The van der Waals surface area contributed by atoms with Crippen LogP contribution in [0.15, 0.2) is 24.3 Å². The summed E-state index contributed by atoms with van der Waals surface area (Å²) in [4.78, 5) is 10.6. The molecule has 0 aliphatic heterocycles. The summed E-state index contributed by atoms with van der Waals surface area (Å²) >= 11 is 0. The topological polar surface area (TPSA) is 63.4 Å². The first-order valence-corrected chi connectivity index (χ1v) is 4.36. The molecule has 2 aliphatic carbocycles. The second kappa shape index (κ2) is 2.67. The Morgan fingerprint density at radius 3 is 2.62 bits per heavy atom. The molecule has 0 aromatic carbocycles. The van der Waals surface area contributed by atoms with E-state index in [0.29, 0.717) is 0 Å². The van der Waals surface area contributed by atoms with Crippen molar-refractivity contribution >= 4 is 0 Å². The molecule has 4 heteroatoms. The van der Waals surface area contributed by atoms with Crippen molar-refractivity contribution in [2.24, 2.45) is 5.92 Å². The summed E-state index contributed by atoms with van der Waals surface area (Å²) in [5, 5.41) is 20.5. The molecule has 0 heterocycles. The number of rotatable bonds is 2. The lowest BCUT2D eigenvalue weighted by molar-refractivity contribution is -0.570. The summed E-state index contributed by atoms with van der Waals surface area (Å²) in [7, 11) is 0. The first-order chi connectivity index (χ1) is 6.18. The Balaban J connectivity index is 2.36. The van der Waals surface area contributed by atoms with Crippen LogP contribution < -0.4 is 0 Å². The average Bonchev–Trinajstić information content (AvgIpc) is 2.88. The van der Waals surface area contributed by atoms with E-state index in [1.807, 2.05) is 0 Å². The van der Waals surface area contributed by atoms with Gasteiger partial charge in [-0.25, -0.2) is 0 Å². The molecule has 4 nitrogen and oxygen atoms in total. The van der Waals surface area contributed by atoms with Gasteiger partial charge in [0.05, 0.1) is 0 Å². The van der Waals surface area contributed by atoms with E-state index in [9.17, 15) is 15.2 Å². The minimum atomic E-state index is -1.24. The first-order valence-electron chi connectivity index (χ1n) is 4.36. The zero-order chi connectivity index (χ0) is 9.47. The van der Waals surface area contributed by atoms with E-state index in [-0.39, 0.29) is 10.8 Å². The van der Waals surface area contributed by atoms with E-state index in [1.54, 1.807) is 12.2 Å². The lowest BCUT2D eigenvalue weighted by atomic mass is 9.84. The van der Waals surface area contributed by atoms with Crippen molar-refractivity contribution in [3.63, 3.8) is 0 Å². The van der Waals surface area contributed by atoms with Crippen LogP contribution in [0.1, 0.15) is 12.8 Å². The number of aliphatic hydroxyl groups is 1. The Kier molecular flexibility index (Phi) is 1.73. The third kappa shape index (κ3) is 1.09. The Morgan fingerprint density at radius 1 is 1.46 bits per heavy atom. The molecule has 0 bridgehead atoms. The summed E-state index contributed by atoms with van der Waals surface area (Å²) in [5.41, 5.74) is -1.24. The second-order valence-corrected chi connectivity index (χ2v) is 3.61. The van der Waals surface area contributed by atoms with Crippen LogP contribution in [0.25, 0.3) is 0 Å². The molecule has 1 fully saturated rings.